The molecule has 0 rings (SSSR count). The second kappa shape index (κ2) is 11.1. The Bertz CT molecular complexity index is 206. The Kier molecular flexibility index (Phi) is 13.4. The van der Waals surface area contributed by atoms with Gasteiger partial charge in [-0.2, -0.15) is 0 Å². The first-order chi connectivity index (χ1) is 6.59. The number of carbonyl (C=O) groups excluding carboxylic acids is 2. The number of urea groups is 2. The molecule has 0 aliphatic heterocycles. The molecule has 0 saturated heterocycles. The van der Waals surface area contributed by atoms with Crippen LogP contribution in [0.25, 0.3) is 0 Å². The second-order valence-electron chi connectivity index (χ2n) is 1.37. The van der Waals surface area contributed by atoms with Crippen molar-refractivity contribution in [3.05, 3.63) is 20.2 Å². The molecule has 0 fully saturated rings. The number of nitrogens with zero attached hydrogens (tertiary/aromatic N) is 2. The average Bonchev–Trinajstić information content (AvgIpc) is 1.78. The van der Waals surface area contributed by atoms with Crippen molar-refractivity contribution >= 4 is 12.1 Å². The van der Waals surface area contributed by atoms with Crippen molar-refractivity contribution in [3.8, 4) is 0 Å². The second-order valence-corrected chi connectivity index (χ2v) is 1.37. The molecule has 0 aliphatic carbocycles. The quantitative estimate of drug-likeness (QED) is 0.239. The molecule has 0 atom stereocenters. The first-order valence-electron chi connectivity index (χ1n) is 2.68. The van der Waals surface area contributed by atoms with Gasteiger partial charge in [-0.05, 0) is 0 Å². The minimum absolute atomic E-state index is 0.833. The normalized spacial score (nSPS) is 6.67. The van der Waals surface area contributed by atoms with Crippen molar-refractivity contribution < 1.29 is 24.9 Å². The number of amides is 4. The Morgan fingerprint density at radius 2 is 1.33 bits per heavy atom. The molecule has 13 nitrogen and oxygen atoms in total. The third-order valence-electron chi connectivity index (χ3n) is 0.201. The van der Waals surface area contributed by atoms with E-state index in [0.29, 0.717) is 0 Å². The summed E-state index contributed by atoms with van der Waals surface area (Å²) in [4.78, 5) is 36.0. The Labute approximate surface area is 81.0 Å². The van der Waals surface area contributed by atoms with E-state index in [1.807, 2.05) is 0 Å². The van der Waals surface area contributed by atoms with Crippen molar-refractivity contribution in [2.45, 2.75) is 0 Å². The van der Waals surface area contributed by atoms with Crippen molar-refractivity contribution in [2.24, 2.45) is 17.2 Å². The molecule has 0 aliphatic rings. The van der Waals surface area contributed by atoms with Gasteiger partial charge >= 0.3 is 12.1 Å². The number of hydrazine groups is 1. The van der Waals surface area contributed by atoms with Gasteiger partial charge in [0.2, 0.25) is 0 Å². The lowest BCUT2D eigenvalue weighted by atomic mass is 11.2. The number of rotatable bonds is 1. The Morgan fingerprint density at radius 3 is 1.33 bits per heavy atom. The van der Waals surface area contributed by atoms with E-state index in [1.165, 1.54) is 5.43 Å². The number of nitrogens with two attached hydrogens (primary N) is 3. The molecule has 0 aromatic heterocycles. The number of hydrogen-bond donors (Lipinski definition) is 5. The van der Waals surface area contributed by atoms with Gasteiger partial charge in [0.05, 0.1) is 0 Å². The first kappa shape index (κ1) is 18.0. The highest BCUT2D eigenvalue weighted by Gasteiger charge is 1.95. The van der Waals surface area contributed by atoms with E-state index in [9.17, 15) is 14.9 Å². The third kappa shape index (κ3) is 716. The van der Waals surface area contributed by atoms with E-state index < -0.39 is 22.2 Å². The first-order valence-corrected chi connectivity index (χ1v) is 2.68. The summed E-state index contributed by atoms with van der Waals surface area (Å²) in [5.74, 6) is 0. The number of carbonyl (C=O) groups is 2. The molecular weight excluding hydrogens is 220 g/mol. The summed E-state index contributed by atoms with van der Waals surface area (Å²) in [5.41, 5.74) is 14.0. The zero-order chi connectivity index (χ0) is 13.0. The summed E-state index contributed by atoms with van der Waals surface area (Å²) >= 11 is 0. The van der Waals surface area contributed by atoms with Gasteiger partial charge < -0.3 is 22.4 Å². The van der Waals surface area contributed by atoms with Gasteiger partial charge in [0.1, 0.15) is 0 Å². The SMILES string of the molecule is NC(=O)N[N+](=O)[O-].NC(N)=O.O=[N+]([O-])O. The molecule has 0 bridgehead atoms. The maximum Gasteiger partial charge on any atom is 0.370 e. The van der Waals surface area contributed by atoms with Crippen LogP contribution in [0, 0.1) is 20.2 Å². The fourth-order valence-corrected chi connectivity index (χ4v) is 0.0900. The average molecular weight is 228 g/mol. The largest absolute Gasteiger partial charge is 0.370 e. The van der Waals surface area contributed by atoms with Crippen LogP contribution in [0.3, 0.4) is 0 Å². The third-order valence-corrected chi connectivity index (χ3v) is 0.201. The maximum absolute atomic E-state index is 9.48. The topological polar surface area (TPSA) is 231 Å². The lowest BCUT2D eigenvalue weighted by Crippen LogP contribution is -2.33. The lowest BCUT2D eigenvalue weighted by molar-refractivity contribution is -0.742. The number of hydrogen-bond acceptors (Lipinski definition) is 6. The molecule has 0 spiro atoms. The predicted molar refractivity (Wildman–Crippen MR) is 42.3 cm³/mol. The number of primary amides is 3. The molecule has 0 saturated carbocycles. The fraction of sp³-hybridized carbons (Fsp3) is 0. The van der Waals surface area contributed by atoms with Gasteiger partial charge in [-0.3, -0.25) is 0 Å². The van der Waals surface area contributed by atoms with Crippen molar-refractivity contribution in [3.63, 3.8) is 0 Å². The van der Waals surface area contributed by atoms with Gasteiger partial charge in [0, 0.05) is 0 Å². The molecule has 0 aromatic carbocycles. The highest BCUT2D eigenvalue weighted by atomic mass is 16.9. The molecule has 8 N–H and O–H groups in total. The zero-order valence-corrected chi connectivity index (χ0v) is 7.02. The van der Waals surface area contributed by atoms with Gasteiger partial charge in [-0.25, -0.2) is 19.7 Å². The van der Waals surface area contributed by atoms with Crippen LogP contribution in [0.2, 0.25) is 0 Å². The molecular formula is C2H8N6O7. The van der Waals surface area contributed by atoms with Gasteiger partial charge in [-0.15, -0.1) is 10.1 Å². The van der Waals surface area contributed by atoms with Crippen LogP contribution in [-0.2, 0) is 0 Å². The summed E-state index contributed by atoms with van der Waals surface area (Å²) in [5, 5.41) is 21.8. The van der Waals surface area contributed by atoms with E-state index in [1.54, 1.807) is 0 Å². The maximum atomic E-state index is 9.48. The van der Waals surface area contributed by atoms with Gasteiger partial charge in [-0.1, -0.05) is 5.43 Å². The molecule has 4 amide bonds. The van der Waals surface area contributed by atoms with E-state index in [4.69, 9.17) is 20.1 Å². The van der Waals surface area contributed by atoms with Crippen LogP contribution >= 0.6 is 0 Å². The molecule has 13 heteroatoms. The standard InChI is InChI=1S/CH3N3O3.CH4N2O.HNO3/c2-1(5)3-4(6)7;2*2-1(3)4/h(H3,2,3,5);(H4,2,3,4);(H,2,3,4). The van der Waals surface area contributed by atoms with E-state index in [0.717, 1.165) is 0 Å². The van der Waals surface area contributed by atoms with Gasteiger partial charge in [0.15, 0.2) is 5.03 Å². The summed E-state index contributed by atoms with van der Waals surface area (Å²) in [6, 6.07) is -2.00. The Hall–Kier alpha value is -2.86. The molecule has 0 unspecified atom stereocenters. The van der Waals surface area contributed by atoms with Crippen molar-refractivity contribution in [1.29, 1.82) is 0 Å². The van der Waals surface area contributed by atoms with Crippen LogP contribution in [0.5, 0.6) is 0 Å². The van der Waals surface area contributed by atoms with Crippen LogP contribution < -0.4 is 22.6 Å². The van der Waals surface area contributed by atoms with Crippen LogP contribution in [0.1, 0.15) is 0 Å². The number of nitrogens with one attached hydrogen (secondary N) is 1. The summed E-state index contributed by atoms with van der Waals surface area (Å²) < 4.78 is 0. The van der Waals surface area contributed by atoms with Crippen LogP contribution in [-0.4, -0.2) is 27.4 Å². The monoisotopic (exact) mass is 228 g/mol. The molecule has 0 heterocycles. The van der Waals surface area contributed by atoms with Crippen LogP contribution in [0.15, 0.2) is 0 Å². The highest BCUT2D eigenvalue weighted by molar-refractivity contribution is 5.70. The van der Waals surface area contributed by atoms with E-state index >= 15 is 0 Å². The number of nitro groups is 1. The minimum atomic E-state index is -1.50. The van der Waals surface area contributed by atoms with E-state index in [-0.39, 0.29) is 0 Å². The summed E-state index contributed by atoms with van der Waals surface area (Å²) in [6.07, 6.45) is 0. The zero-order valence-electron chi connectivity index (χ0n) is 7.02. The predicted octanol–water partition coefficient (Wildman–Crippen LogP) is -2.48. The fourth-order valence-electron chi connectivity index (χ4n) is 0.0900. The molecule has 88 valence electrons. The Morgan fingerprint density at radius 1 is 1.13 bits per heavy atom. The highest BCUT2D eigenvalue weighted by Crippen LogP contribution is 1.53. The molecule has 0 radical (unpaired) electrons. The molecule has 0 aromatic rings. The Balaban J connectivity index is -0.000000155. The van der Waals surface area contributed by atoms with Gasteiger partial charge in [0.25, 0.3) is 5.09 Å². The van der Waals surface area contributed by atoms with Crippen molar-refractivity contribution in [1.82, 2.24) is 5.43 Å². The smallest absolute Gasteiger partial charge is 0.352 e. The minimum Gasteiger partial charge on any atom is -0.352 e. The van der Waals surface area contributed by atoms with Crippen LogP contribution in [0.4, 0.5) is 9.59 Å². The summed E-state index contributed by atoms with van der Waals surface area (Å²) in [6.45, 7) is 0. The summed E-state index contributed by atoms with van der Waals surface area (Å²) in [7, 11) is 0. The van der Waals surface area contributed by atoms with Crippen molar-refractivity contribution in [2.75, 3.05) is 0 Å². The molecule has 15 heavy (non-hydrogen) atoms. The van der Waals surface area contributed by atoms with E-state index in [2.05, 4.69) is 17.2 Å². The lowest BCUT2D eigenvalue weighted by Gasteiger charge is -1.83.